The minimum Gasteiger partial charge on any atom is -0.151 e. The quantitative estimate of drug-likeness (QED) is 0.199. The molecule has 1 heterocycles. The van der Waals surface area contributed by atoms with Crippen LogP contribution >= 0.6 is 11.3 Å². The van der Waals surface area contributed by atoms with Crippen molar-refractivity contribution >= 4 is 54.4 Å². The maximum absolute atomic E-state index is 2.36. The zero-order valence-corrected chi connectivity index (χ0v) is 14.9. The zero-order chi connectivity index (χ0) is 16.8. The average molecular weight is 346 g/mol. The summed E-state index contributed by atoms with van der Waals surface area (Å²) >= 11 is 1.82. The number of thiophene rings is 1. The molecule has 0 aliphatic heterocycles. The fraction of sp³-hybridized carbons (Fsp3) is 0.0400. The molecule has 0 radical (unpaired) electrons. The van der Waals surface area contributed by atoms with E-state index in [9.17, 15) is 0 Å². The Morgan fingerprint density at radius 2 is 1.27 bits per heavy atom. The van der Waals surface area contributed by atoms with Gasteiger partial charge in [0.15, 0.2) is 0 Å². The third-order valence-corrected chi connectivity index (χ3v) is 6.94. The molecular weight excluding hydrogens is 332 g/mol. The smallest absolute Gasteiger partial charge is 0.000496 e. The van der Waals surface area contributed by atoms with Crippen molar-refractivity contribution in [2.75, 3.05) is 0 Å². The van der Waals surface area contributed by atoms with Crippen molar-refractivity contribution in [1.82, 2.24) is 0 Å². The maximum Gasteiger partial charge on any atom is -0.000496 e. The Kier molecular flexibility index (Phi) is 2.27. The third kappa shape index (κ3) is 1.43. The van der Waals surface area contributed by atoms with Gasteiger partial charge in [-0.1, -0.05) is 60.7 Å². The van der Waals surface area contributed by atoms with Crippen LogP contribution < -0.4 is 0 Å². The van der Waals surface area contributed by atoms with Crippen LogP contribution in [0.2, 0.25) is 0 Å². The lowest BCUT2D eigenvalue weighted by atomic mass is 9.81. The van der Waals surface area contributed by atoms with E-state index in [4.69, 9.17) is 0 Å². The van der Waals surface area contributed by atoms with Crippen LogP contribution in [0.3, 0.4) is 0 Å². The molecule has 5 aromatic carbocycles. The first-order valence-electron chi connectivity index (χ1n) is 9.07. The summed E-state index contributed by atoms with van der Waals surface area (Å²) in [5.41, 5.74) is 5.79. The lowest BCUT2D eigenvalue weighted by Crippen LogP contribution is -2.00. The molecule has 1 aliphatic rings. The van der Waals surface area contributed by atoms with Gasteiger partial charge in [-0.25, -0.2) is 0 Å². The maximum atomic E-state index is 2.36. The van der Waals surface area contributed by atoms with E-state index in [0.29, 0.717) is 0 Å². The van der Waals surface area contributed by atoms with E-state index in [1.54, 1.807) is 0 Å². The first kappa shape index (κ1) is 13.3. The number of benzene rings is 5. The summed E-state index contributed by atoms with van der Waals surface area (Å²) in [6.45, 7) is 0. The molecule has 0 saturated carbocycles. The van der Waals surface area contributed by atoms with Crippen molar-refractivity contribution in [3.63, 3.8) is 0 Å². The average Bonchev–Trinajstić information content (AvgIpc) is 3.16. The molecular formula is C25H14S. The highest BCUT2D eigenvalue weighted by Crippen LogP contribution is 2.47. The summed E-state index contributed by atoms with van der Waals surface area (Å²) in [5, 5.41) is 15.8. The molecule has 0 N–H and O–H groups in total. The van der Waals surface area contributed by atoms with Gasteiger partial charge < -0.3 is 0 Å². The standard InChI is InChI=1S/C25H14S/c1-3-14-4-2-6-18-20-9-10-21-22-13-26-12-16(22)11-15-7-8-19(25(20)24(15)21)17(5-1)23(14)18/h1-10,12-13H,11H2. The Morgan fingerprint density at radius 3 is 2.08 bits per heavy atom. The fourth-order valence-corrected chi connectivity index (χ4v) is 5.94. The van der Waals surface area contributed by atoms with Crippen LogP contribution in [-0.2, 0) is 6.42 Å². The molecule has 26 heavy (non-hydrogen) atoms. The molecule has 1 aromatic heterocycles. The Bertz CT molecular complexity index is 1450. The SMILES string of the molecule is c1cc2cccc3c4ccc5c6c(ccc(c(c1)c23)c64)Cc1cscc1-5. The van der Waals surface area contributed by atoms with Crippen LogP contribution in [-0.4, -0.2) is 0 Å². The highest BCUT2D eigenvalue weighted by Gasteiger charge is 2.22. The number of hydrogen-bond donors (Lipinski definition) is 0. The lowest BCUT2D eigenvalue weighted by Gasteiger charge is -2.22. The van der Waals surface area contributed by atoms with Gasteiger partial charge in [0.25, 0.3) is 0 Å². The van der Waals surface area contributed by atoms with Crippen LogP contribution in [0.4, 0.5) is 0 Å². The van der Waals surface area contributed by atoms with Gasteiger partial charge in [-0.15, -0.1) is 0 Å². The van der Waals surface area contributed by atoms with Crippen LogP contribution in [0.15, 0.2) is 71.4 Å². The summed E-state index contributed by atoms with van der Waals surface area (Å²) < 4.78 is 0. The van der Waals surface area contributed by atoms with E-state index in [-0.39, 0.29) is 0 Å². The molecule has 0 bridgehead atoms. The first-order chi connectivity index (χ1) is 12.9. The van der Waals surface area contributed by atoms with E-state index in [1.165, 1.54) is 65.3 Å². The Labute approximate surface area is 154 Å². The summed E-state index contributed by atoms with van der Waals surface area (Å²) in [5.74, 6) is 0. The molecule has 0 fully saturated rings. The van der Waals surface area contributed by atoms with E-state index >= 15 is 0 Å². The molecule has 0 saturated heterocycles. The highest BCUT2D eigenvalue weighted by molar-refractivity contribution is 7.08. The fourth-order valence-electron chi connectivity index (χ4n) is 5.08. The van der Waals surface area contributed by atoms with Gasteiger partial charge in [0.1, 0.15) is 0 Å². The first-order valence-corrected chi connectivity index (χ1v) is 10.0. The molecule has 6 aromatic rings. The summed E-state index contributed by atoms with van der Waals surface area (Å²) in [6.07, 6.45) is 1.05. The van der Waals surface area contributed by atoms with Gasteiger partial charge in [0, 0.05) is 0 Å². The highest BCUT2D eigenvalue weighted by atomic mass is 32.1. The van der Waals surface area contributed by atoms with Crippen molar-refractivity contribution in [3.8, 4) is 11.1 Å². The van der Waals surface area contributed by atoms with Crippen molar-refractivity contribution in [1.29, 1.82) is 0 Å². The summed E-state index contributed by atoms with van der Waals surface area (Å²) in [4.78, 5) is 0. The Hall–Kier alpha value is -2.90. The number of fused-ring (bicyclic) bond motifs is 4. The van der Waals surface area contributed by atoms with E-state index in [1.807, 2.05) is 11.3 Å². The predicted octanol–water partition coefficient (Wildman–Crippen LogP) is 7.37. The molecule has 0 amide bonds. The van der Waals surface area contributed by atoms with Crippen LogP contribution in [0.1, 0.15) is 11.1 Å². The second-order valence-corrected chi connectivity index (χ2v) is 8.12. The molecule has 0 atom stereocenters. The van der Waals surface area contributed by atoms with Crippen molar-refractivity contribution in [2.24, 2.45) is 0 Å². The molecule has 1 heteroatoms. The van der Waals surface area contributed by atoms with Crippen molar-refractivity contribution in [2.45, 2.75) is 6.42 Å². The second-order valence-electron chi connectivity index (χ2n) is 7.38. The van der Waals surface area contributed by atoms with Gasteiger partial charge in [0.05, 0.1) is 0 Å². The van der Waals surface area contributed by atoms with Crippen molar-refractivity contribution < 1.29 is 0 Å². The second kappa shape index (κ2) is 4.44. The number of rotatable bonds is 0. The van der Waals surface area contributed by atoms with E-state index in [0.717, 1.165) is 6.42 Å². The molecule has 0 nitrogen and oxygen atoms in total. The summed E-state index contributed by atoms with van der Waals surface area (Å²) in [7, 11) is 0. The van der Waals surface area contributed by atoms with Gasteiger partial charge in [-0.3, -0.25) is 0 Å². The van der Waals surface area contributed by atoms with E-state index < -0.39 is 0 Å². The lowest BCUT2D eigenvalue weighted by molar-refractivity contribution is 1.22. The molecule has 7 rings (SSSR count). The van der Waals surface area contributed by atoms with Crippen molar-refractivity contribution in [3.05, 3.63) is 82.6 Å². The Balaban J connectivity index is 1.85. The van der Waals surface area contributed by atoms with Crippen LogP contribution in [0.25, 0.3) is 54.2 Å². The molecule has 1 aliphatic carbocycles. The predicted molar refractivity (Wildman–Crippen MR) is 114 cm³/mol. The monoisotopic (exact) mass is 346 g/mol. The third-order valence-electron chi connectivity index (χ3n) is 6.15. The van der Waals surface area contributed by atoms with Crippen LogP contribution in [0.5, 0.6) is 0 Å². The van der Waals surface area contributed by atoms with Gasteiger partial charge >= 0.3 is 0 Å². The molecule has 120 valence electrons. The van der Waals surface area contributed by atoms with Gasteiger partial charge in [-0.05, 0) is 82.5 Å². The normalized spacial score (nSPS) is 13.2. The summed E-state index contributed by atoms with van der Waals surface area (Å²) in [6, 6.07) is 22.8. The van der Waals surface area contributed by atoms with Gasteiger partial charge in [0.2, 0.25) is 0 Å². The largest absolute Gasteiger partial charge is 0.151 e. The molecule has 0 unspecified atom stereocenters. The minimum atomic E-state index is 1.05. The molecule has 0 spiro atoms. The number of hydrogen-bond acceptors (Lipinski definition) is 1. The topological polar surface area (TPSA) is 0 Å². The minimum absolute atomic E-state index is 1.05. The van der Waals surface area contributed by atoms with Crippen LogP contribution in [0, 0.1) is 0 Å². The van der Waals surface area contributed by atoms with Gasteiger partial charge in [-0.2, -0.15) is 11.3 Å². The zero-order valence-electron chi connectivity index (χ0n) is 14.0. The Morgan fingerprint density at radius 1 is 0.538 bits per heavy atom. The van der Waals surface area contributed by atoms with E-state index in [2.05, 4.69) is 71.4 Å².